The third-order valence-corrected chi connectivity index (χ3v) is 6.03. The van der Waals surface area contributed by atoms with Crippen LogP contribution in [0.25, 0.3) is 0 Å². The first kappa shape index (κ1) is 18.4. The topological polar surface area (TPSA) is 53.5 Å². The predicted molar refractivity (Wildman–Crippen MR) is 96.2 cm³/mol. The Hall–Kier alpha value is -0.980. The van der Waals surface area contributed by atoms with Gasteiger partial charge in [0.2, 0.25) is 5.88 Å². The Morgan fingerprint density at radius 2 is 1.70 bits per heavy atom. The van der Waals surface area contributed by atoms with Gasteiger partial charge in [-0.25, -0.2) is 0 Å². The molecule has 0 radical (unpaired) electrons. The van der Waals surface area contributed by atoms with Gasteiger partial charge < -0.3 is 4.52 Å². The van der Waals surface area contributed by atoms with Crippen LogP contribution in [-0.2, 0) is 26.6 Å². The SMILES string of the molecule is CCOP(=S)(OCC)Oc1ccc(SCc2ccccc2)nn1. The number of benzene rings is 1. The molecule has 0 aliphatic rings. The first-order valence-corrected chi connectivity index (χ1v) is 10.8. The summed E-state index contributed by atoms with van der Waals surface area (Å²) in [5, 5.41) is 9.02. The van der Waals surface area contributed by atoms with Crippen molar-refractivity contribution in [2.24, 2.45) is 0 Å². The second kappa shape index (κ2) is 9.35. The van der Waals surface area contributed by atoms with Crippen LogP contribution in [0.15, 0.2) is 47.5 Å². The van der Waals surface area contributed by atoms with E-state index >= 15 is 0 Å². The number of hydrogen-bond acceptors (Lipinski definition) is 7. The fourth-order valence-electron chi connectivity index (χ4n) is 1.69. The fourth-order valence-corrected chi connectivity index (χ4v) is 4.46. The van der Waals surface area contributed by atoms with E-state index in [2.05, 4.69) is 22.3 Å². The maximum Gasteiger partial charge on any atom is 0.381 e. The summed E-state index contributed by atoms with van der Waals surface area (Å²) < 4.78 is 16.4. The number of aromatic nitrogens is 2. The molecular formula is C15H19N2O3PS2. The van der Waals surface area contributed by atoms with Gasteiger partial charge in [0.25, 0.3) is 0 Å². The summed E-state index contributed by atoms with van der Waals surface area (Å²) in [6.45, 7) is 1.75. The second-order valence-corrected chi connectivity index (χ2v) is 8.29. The van der Waals surface area contributed by atoms with Crippen LogP contribution >= 0.6 is 18.5 Å². The molecule has 124 valence electrons. The standard InChI is InChI=1S/C15H19N2O3PS2/c1-3-18-21(22,19-4-2)20-14-10-11-15(17-16-14)23-12-13-8-6-5-7-9-13/h5-11H,3-4,12H2,1-2H3. The molecule has 0 aliphatic heterocycles. The van der Waals surface area contributed by atoms with Gasteiger partial charge in [-0.05, 0) is 25.5 Å². The predicted octanol–water partition coefficient (Wildman–Crippen LogP) is 4.45. The van der Waals surface area contributed by atoms with Crippen molar-refractivity contribution in [3.63, 3.8) is 0 Å². The van der Waals surface area contributed by atoms with Crippen LogP contribution in [0.5, 0.6) is 5.88 Å². The van der Waals surface area contributed by atoms with Crippen molar-refractivity contribution in [1.82, 2.24) is 10.2 Å². The largest absolute Gasteiger partial charge is 0.404 e. The zero-order valence-corrected chi connectivity index (χ0v) is 15.6. The van der Waals surface area contributed by atoms with Crippen molar-refractivity contribution in [1.29, 1.82) is 0 Å². The van der Waals surface area contributed by atoms with Gasteiger partial charge in [-0.2, -0.15) is 0 Å². The molecule has 23 heavy (non-hydrogen) atoms. The Labute approximate surface area is 146 Å². The normalized spacial score (nSPS) is 11.4. The van der Waals surface area contributed by atoms with Crippen LogP contribution in [0.4, 0.5) is 0 Å². The van der Waals surface area contributed by atoms with E-state index in [1.165, 1.54) is 5.56 Å². The van der Waals surface area contributed by atoms with Gasteiger partial charge in [0, 0.05) is 23.6 Å². The lowest BCUT2D eigenvalue weighted by Gasteiger charge is -2.19. The van der Waals surface area contributed by atoms with Crippen LogP contribution in [0.3, 0.4) is 0 Å². The summed E-state index contributed by atoms with van der Waals surface area (Å²) in [5.41, 5.74) is 1.24. The Balaban J connectivity index is 1.94. The molecule has 2 aromatic rings. The van der Waals surface area contributed by atoms with Gasteiger partial charge in [-0.15, -0.1) is 10.2 Å². The minimum atomic E-state index is -2.80. The van der Waals surface area contributed by atoms with Gasteiger partial charge in [-0.1, -0.05) is 42.1 Å². The molecule has 0 aliphatic carbocycles. The van der Waals surface area contributed by atoms with E-state index in [0.717, 1.165) is 10.8 Å². The molecule has 1 aromatic heterocycles. The van der Waals surface area contributed by atoms with E-state index in [1.807, 2.05) is 38.1 Å². The second-order valence-electron chi connectivity index (χ2n) is 4.36. The highest BCUT2D eigenvalue weighted by Gasteiger charge is 2.22. The van der Waals surface area contributed by atoms with Gasteiger partial charge in [0.15, 0.2) is 0 Å². The van der Waals surface area contributed by atoms with Crippen LogP contribution in [0.1, 0.15) is 19.4 Å². The molecule has 0 unspecified atom stereocenters. The first-order chi connectivity index (χ1) is 11.1. The van der Waals surface area contributed by atoms with Crippen LogP contribution < -0.4 is 4.52 Å². The molecular weight excluding hydrogens is 351 g/mol. The van der Waals surface area contributed by atoms with Crippen molar-refractivity contribution < 1.29 is 13.6 Å². The molecule has 0 saturated carbocycles. The molecule has 5 nitrogen and oxygen atoms in total. The molecule has 1 aromatic carbocycles. The molecule has 8 heteroatoms. The highest BCUT2D eigenvalue weighted by atomic mass is 32.5. The molecule has 0 fully saturated rings. The highest BCUT2D eigenvalue weighted by molar-refractivity contribution is 8.07. The average Bonchev–Trinajstić information content (AvgIpc) is 2.55. The summed E-state index contributed by atoms with van der Waals surface area (Å²) in [6.07, 6.45) is 0. The van der Waals surface area contributed by atoms with Gasteiger partial charge >= 0.3 is 6.72 Å². The number of nitrogens with zero attached hydrogens (tertiary/aromatic N) is 2. The molecule has 0 amide bonds. The Kier molecular flexibility index (Phi) is 7.46. The minimum Gasteiger partial charge on any atom is -0.404 e. The van der Waals surface area contributed by atoms with Gasteiger partial charge in [0.1, 0.15) is 5.03 Å². The van der Waals surface area contributed by atoms with Crippen LogP contribution in [-0.4, -0.2) is 23.4 Å². The lowest BCUT2D eigenvalue weighted by Crippen LogP contribution is -2.03. The Morgan fingerprint density at radius 3 is 2.26 bits per heavy atom. The first-order valence-electron chi connectivity index (χ1n) is 7.24. The van der Waals surface area contributed by atoms with E-state index in [-0.39, 0.29) is 0 Å². The number of rotatable bonds is 9. The van der Waals surface area contributed by atoms with E-state index < -0.39 is 6.72 Å². The van der Waals surface area contributed by atoms with Crippen molar-refractivity contribution in [2.45, 2.75) is 24.6 Å². The van der Waals surface area contributed by atoms with E-state index in [9.17, 15) is 0 Å². The third-order valence-electron chi connectivity index (χ3n) is 2.62. The van der Waals surface area contributed by atoms with Crippen molar-refractivity contribution in [3.8, 4) is 5.88 Å². The molecule has 0 atom stereocenters. The van der Waals surface area contributed by atoms with Gasteiger partial charge in [0.05, 0.1) is 13.2 Å². The molecule has 0 bridgehead atoms. The van der Waals surface area contributed by atoms with Crippen molar-refractivity contribution >= 4 is 30.3 Å². The van der Waals surface area contributed by atoms with Crippen molar-refractivity contribution in [3.05, 3.63) is 48.0 Å². The fraction of sp³-hybridized carbons (Fsp3) is 0.333. The van der Waals surface area contributed by atoms with E-state index in [0.29, 0.717) is 19.1 Å². The zero-order valence-electron chi connectivity index (χ0n) is 13.0. The third kappa shape index (κ3) is 6.20. The lowest BCUT2D eigenvalue weighted by atomic mass is 10.2. The van der Waals surface area contributed by atoms with Crippen LogP contribution in [0.2, 0.25) is 0 Å². The maximum absolute atomic E-state index is 5.60. The zero-order chi connectivity index (χ0) is 16.5. The van der Waals surface area contributed by atoms with Crippen molar-refractivity contribution in [2.75, 3.05) is 13.2 Å². The molecule has 0 N–H and O–H groups in total. The van der Waals surface area contributed by atoms with E-state index in [1.54, 1.807) is 17.8 Å². The average molecular weight is 370 g/mol. The van der Waals surface area contributed by atoms with Crippen LogP contribution in [0, 0.1) is 0 Å². The molecule has 1 heterocycles. The minimum absolute atomic E-state index is 0.319. The number of thioether (sulfide) groups is 1. The quantitative estimate of drug-likeness (QED) is 0.477. The lowest BCUT2D eigenvalue weighted by molar-refractivity contribution is 0.215. The summed E-state index contributed by atoms with van der Waals surface area (Å²) in [6, 6.07) is 13.8. The molecule has 0 saturated heterocycles. The summed E-state index contributed by atoms with van der Waals surface area (Å²) in [5.74, 6) is 1.16. The monoisotopic (exact) mass is 370 g/mol. The maximum atomic E-state index is 5.60. The summed E-state index contributed by atoms with van der Waals surface area (Å²) >= 11 is 6.91. The Bertz CT molecular complexity index is 631. The Morgan fingerprint density at radius 1 is 1.00 bits per heavy atom. The smallest absolute Gasteiger partial charge is 0.381 e. The summed E-state index contributed by atoms with van der Waals surface area (Å²) in [4.78, 5) is 0. The summed E-state index contributed by atoms with van der Waals surface area (Å²) in [7, 11) is 0. The van der Waals surface area contributed by atoms with Gasteiger partial charge in [-0.3, -0.25) is 9.05 Å². The molecule has 2 rings (SSSR count). The number of hydrogen-bond donors (Lipinski definition) is 0. The molecule has 0 spiro atoms. The van der Waals surface area contributed by atoms with E-state index in [4.69, 9.17) is 25.4 Å². The highest BCUT2D eigenvalue weighted by Crippen LogP contribution is 2.49.